The molecular weight excluding hydrogens is 280 g/mol. The van der Waals surface area contributed by atoms with Gasteiger partial charge in [-0.3, -0.25) is 0 Å². The second-order valence-corrected chi connectivity index (χ2v) is 5.31. The maximum Gasteiger partial charge on any atom is 0.0721 e. The highest BCUT2D eigenvalue weighted by Crippen LogP contribution is 2.10. The lowest BCUT2D eigenvalue weighted by Gasteiger charge is -2.16. The first kappa shape index (κ1) is 19.0. The van der Waals surface area contributed by atoms with E-state index in [0.29, 0.717) is 39.4 Å². The van der Waals surface area contributed by atoms with Crippen LogP contribution in [0.4, 0.5) is 0 Å². The Kier molecular flexibility index (Phi) is 9.98. The minimum Gasteiger partial charge on any atom is -0.372 e. The zero-order valence-electron chi connectivity index (χ0n) is 13.2. The van der Waals surface area contributed by atoms with Crippen molar-refractivity contribution in [1.82, 2.24) is 0 Å². The molecule has 22 heavy (non-hydrogen) atoms. The van der Waals surface area contributed by atoms with E-state index in [2.05, 4.69) is 0 Å². The van der Waals surface area contributed by atoms with Gasteiger partial charge in [0.15, 0.2) is 0 Å². The highest BCUT2D eigenvalue weighted by molar-refractivity contribution is 5.21. The topological polar surface area (TPSA) is 123 Å². The zero-order chi connectivity index (χ0) is 16.2. The Morgan fingerprint density at radius 1 is 0.682 bits per heavy atom. The van der Waals surface area contributed by atoms with E-state index in [-0.39, 0.29) is 12.2 Å². The van der Waals surface area contributed by atoms with Crippen LogP contribution in [0.1, 0.15) is 24.0 Å². The van der Waals surface area contributed by atoms with Crippen molar-refractivity contribution in [3.63, 3.8) is 0 Å². The molecule has 1 aromatic carbocycles. The smallest absolute Gasteiger partial charge is 0.0721 e. The Balaban J connectivity index is 2.39. The number of ether oxygens (including phenoxy) is 2. The number of rotatable bonds is 12. The molecule has 0 radical (unpaired) electrons. The van der Waals surface area contributed by atoms with Crippen LogP contribution >= 0.6 is 0 Å². The fourth-order valence-electron chi connectivity index (χ4n) is 2.07. The van der Waals surface area contributed by atoms with Gasteiger partial charge in [-0.05, 0) is 37.1 Å². The van der Waals surface area contributed by atoms with E-state index in [9.17, 15) is 0 Å². The average molecular weight is 310 g/mol. The Morgan fingerprint density at radius 2 is 1.05 bits per heavy atom. The minimum absolute atomic E-state index is 0.0228. The van der Waals surface area contributed by atoms with Gasteiger partial charge < -0.3 is 32.4 Å². The van der Waals surface area contributed by atoms with Crippen LogP contribution in [0.3, 0.4) is 0 Å². The van der Waals surface area contributed by atoms with Gasteiger partial charge in [-0.1, -0.05) is 24.3 Å². The summed E-state index contributed by atoms with van der Waals surface area (Å²) in [6.07, 6.45) is 1.61. The summed E-state index contributed by atoms with van der Waals surface area (Å²) in [4.78, 5) is 0. The third kappa shape index (κ3) is 7.31. The normalized spacial score (nSPS) is 14.0. The highest BCUT2D eigenvalue weighted by atomic mass is 16.5. The van der Waals surface area contributed by atoms with E-state index in [1.54, 1.807) is 0 Å². The van der Waals surface area contributed by atoms with Crippen molar-refractivity contribution in [2.24, 2.45) is 22.9 Å². The standard InChI is InChI=1S/C16H30N4O2/c17-7-5-15(9-19)21-11-13-1-2-14(4-3-13)12-22-16(10-20)6-8-18/h1-4,15-16H,5-12,17-20H2. The van der Waals surface area contributed by atoms with Crippen LogP contribution in [-0.2, 0) is 22.7 Å². The van der Waals surface area contributed by atoms with Crippen molar-refractivity contribution in [2.45, 2.75) is 38.3 Å². The van der Waals surface area contributed by atoms with Crippen LogP contribution in [0.5, 0.6) is 0 Å². The van der Waals surface area contributed by atoms with Crippen molar-refractivity contribution >= 4 is 0 Å². The summed E-state index contributed by atoms with van der Waals surface area (Å²) in [5.41, 5.74) is 24.5. The van der Waals surface area contributed by atoms with E-state index in [0.717, 1.165) is 24.0 Å². The first-order valence-corrected chi connectivity index (χ1v) is 7.84. The second-order valence-electron chi connectivity index (χ2n) is 5.31. The molecule has 0 saturated carbocycles. The molecule has 6 heteroatoms. The van der Waals surface area contributed by atoms with Crippen LogP contribution in [0.25, 0.3) is 0 Å². The molecule has 0 amide bonds. The first-order chi connectivity index (χ1) is 10.7. The molecule has 0 heterocycles. The lowest BCUT2D eigenvalue weighted by molar-refractivity contribution is 0.0410. The largest absolute Gasteiger partial charge is 0.372 e. The van der Waals surface area contributed by atoms with Crippen molar-refractivity contribution < 1.29 is 9.47 Å². The molecule has 0 fully saturated rings. The van der Waals surface area contributed by atoms with Crippen LogP contribution in [0.2, 0.25) is 0 Å². The molecular formula is C16H30N4O2. The fourth-order valence-corrected chi connectivity index (χ4v) is 2.07. The van der Waals surface area contributed by atoms with Crippen molar-refractivity contribution in [3.05, 3.63) is 35.4 Å². The number of hydrogen-bond acceptors (Lipinski definition) is 6. The molecule has 0 aromatic heterocycles. The number of nitrogens with two attached hydrogens (primary N) is 4. The third-order valence-electron chi connectivity index (χ3n) is 3.50. The molecule has 2 atom stereocenters. The van der Waals surface area contributed by atoms with Crippen LogP contribution in [0, 0.1) is 0 Å². The molecule has 0 bridgehead atoms. The predicted molar refractivity (Wildman–Crippen MR) is 89.0 cm³/mol. The average Bonchev–Trinajstić information content (AvgIpc) is 2.56. The van der Waals surface area contributed by atoms with Gasteiger partial charge in [0.05, 0.1) is 25.4 Å². The lowest BCUT2D eigenvalue weighted by Crippen LogP contribution is -2.26. The van der Waals surface area contributed by atoms with Gasteiger partial charge in [-0.25, -0.2) is 0 Å². The summed E-state index contributed by atoms with van der Waals surface area (Å²) in [6, 6.07) is 8.15. The van der Waals surface area contributed by atoms with Gasteiger partial charge in [0, 0.05) is 13.1 Å². The molecule has 0 aliphatic heterocycles. The van der Waals surface area contributed by atoms with E-state index >= 15 is 0 Å². The van der Waals surface area contributed by atoms with E-state index in [1.165, 1.54) is 0 Å². The summed E-state index contributed by atoms with van der Waals surface area (Å²) in [5, 5.41) is 0. The van der Waals surface area contributed by atoms with Gasteiger partial charge in [-0.2, -0.15) is 0 Å². The summed E-state index contributed by atoms with van der Waals surface area (Å²) in [7, 11) is 0. The summed E-state index contributed by atoms with van der Waals surface area (Å²) in [5.74, 6) is 0. The molecule has 8 N–H and O–H groups in total. The van der Waals surface area contributed by atoms with E-state index in [1.807, 2.05) is 24.3 Å². The third-order valence-corrected chi connectivity index (χ3v) is 3.50. The maximum absolute atomic E-state index is 5.74. The van der Waals surface area contributed by atoms with Gasteiger partial charge in [-0.15, -0.1) is 0 Å². The minimum atomic E-state index is 0.0228. The molecule has 0 aliphatic rings. The van der Waals surface area contributed by atoms with E-state index < -0.39 is 0 Å². The Hall–Kier alpha value is -1.02. The van der Waals surface area contributed by atoms with Crippen LogP contribution in [0.15, 0.2) is 24.3 Å². The quantitative estimate of drug-likeness (QED) is 0.433. The van der Waals surface area contributed by atoms with E-state index in [4.69, 9.17) is 32.4 Å². The highest BCUT2D eigenvalue weighted by Gasteiger charge is 2.07. The first-order valence-electron chi connectivity index (χ1n) is 7.84. The molecule has 0 aliphatic carbocycles. The lowest BCUT2D eigenvalue weighted by atomic mass is 10.1. The van der Waals surface area contributed by atoms with Gasteiger partial charge >= 0.3 is 0 Å². The molecule has 6 nitrogen and oxygen atoms in total. The van der Waals surface area contributed by atoms with Crippen LogP contribution < -0.4 is 22.9 Å². The van der Waals surface area contributed by atoms with Crippen molar-refractivity contribution in [3.8, 4) is 0 Å². The van der Waals surface area contributed by atoms with Crippen molar-refractivity contribution in [1.29, 1.82) is 0 Å². The number of hydrogen-bond donors (Lipinski definition) is 4. The summed E-state index contributed by atoms with van der Waals surface area (Å²) >= 11 is 0. The second kappa shape index (κ2) is 11.5. The van der Waals surface area contributed by atoms with Gasteiger partial charge in [0.1, 0.15) is 0 Å². The molecule has 2 unspecified atom stereocenters. The Labute approximate surface area is 133 Å². The monoisotopic (exact) mass is 310 g/mol. The number of benzene rings is 1. The maximum atomic E-state index is 5.74. The van der Waals surface area contributed by atoms with Crippen LogP contribution in [-0.4, -0.2) is 38.4 Å². The summed E-state index contributed by atoms with van der Waals surface area (Å²) in [6.45, 7) is 3.24. The Bertz CT molecular complexity index is 349. The summed E-state index contributed by atoms with van der Waals surface area (Å²) < 4.78 is 11.5. The van der Waals surface area contributed by atoms with Gasteiger partial charge in [0.2, 0.25) is 0 Å². The molecule has 0 spiro atoms. The molecule has 126 valence electrons. The van der Waals surface area contributed by atoms with Gasteiger partial charge in [0.25, 0.3) is 0 Å². The van der Waals surface area contributed by atoms with Crippen molar-refractivity contribution in [2.75, 3.05) is 26.2 Å². The zero-order valence-corrected chi connectivity index (χ0v) is 13.2. The molecule has 1 rings (SSSR count). The Morgan fingerprint density at radius 3 is 1.32 bits per heavy atom. The predicted octanol–water partition coefficient (Wildman–Crippen LogP) is 0.0720. The fraction of sp³-hybridized carbons (Fsp3) is 0.625. The molecule has 1 aromatic rings. The molecule has 0 saturated heterocycles. The SMILES string of the molecule is NCCC(CN)OCc1ccc(COC(CN)CCN)cc1.